The van der Waals surface area contributed by atoms with Gasteiger partial charge in [0, 0.05) is 12.1 Å². The summed E-state index contributed by atoms with van der Waals surface area (Å²) in [6.45, 7) is 3.62. The van der Waals surface area contributed by atoms with Crippen molar-refractivity contribution in [2.45, 2.75) is 24.8 Å². The van der Waals surface area contributed by atoms with Gasteiger partial charge in [-0.15, -0.1) is 0 Å². The summed E-state index contributed by atoms with van der Waals surface area (Å²) >= 11 is 5.89. The summed E-state index contributed by atoms with van der Waals surface area (Å²) in [4.78, 5) is 12.4. The summed E-state index contributed by atoms with van der Waals surface area (Å²) in [5.74, 6) is 0.194. The van der Waals surface area contributed by atoms with E-state index in [4.69, 9.17) is 16.3 Å². The van der Waals surface area contributed by atoms with Crippen LogP contribution in [0.5, 0.6) is 5.75 Å². The van der Waals surface area contributed by atoms with Crippen LogP contribution >= 0.6 is 11.6 Å². The van der Waals surface area contributed by atoms with Crippen molar-refractivity contribution in [3.05, 3.63) is 88.9 Å². The molecule has 3 aromatic rings. The average Bonchev–Trinajstić information content (AvgIpc) is 2.78. The van der Waals surface area contributed by atoms with Gasteiger partial charge in [-0.25, -0.2) is 8.42 Å². The number of hydrogen-bond donors (Lipinski definition) is 1. The lowest BCUT2D eigenvalue weighted by atomic mass is 10.1. The van der Waals surface area contributed by atoms with Gasteiger partial charge in [-0.2, -0.15) is 0 Å². The first-order chi connectivity index (χ1) is 15.2. The zero-order chi connectivity index (χ0) is 23.3. The number of halogens is 1. The van der Waals surface area contributed by atoms with Gasteiger partial charge in [0.15, 0.2) is 6.61 Å². The molecule has 0 fully saturated rings. The molecule has 3 rings (SSSR count). The molecule has 0 saturated heterocycles. The van der Waals surface area contributed by atoms with Crippen LogP contribution in [0.1, 0.15) is 24.1 Å². The molecule has 3 aromatic carbocycles. The largest absolute Gasteiger partial charge is 0.484 e. The molecule has 0 aliphatic rings. The number of nitrogens with one attached hydrogen (secondary N) is 1. The van der Waals surface area contributed by atoms with Crippen molar-refractivity contribution in [2.24, 2.45) is 0 Å². The Balaban J connectivity index is 1.57. The molecule has 1 amide bonds. The maximum atomic E-state index is 12.8. The van der Waals surface area contributed by atoms with E-state index >= 15 is 0 Å². The van der Waals surface area contributed by atoms with Gasteiger partial charge in [0.1, 0.15) is 5.75 Å². The number of aryl methyl sites for hydroxylation is 1. The van der Waals surface area contributed by atoms with Gasteiger partial charge in [-0.3, -0.25) is 9.10 Å². The van der Waals surface area contributed by atoms with Gasteiger partial charge in [0.25, 0.3) is 15.9 Å². The monoisotopic (exact) mass is 472 g/mol. The van der Waals surface area contributed by atoms with Crippen molar-refractivity contribution in [2.75, 3.05) is 18.0 Å². The molecule has 0 radical (unpaired) electrons. The van der Waals surface area contributed by atoms with Crippen molar-refractivity contribution in [3.63, 3.8) is 0 Å². The van der Waals surface area contributed by atoms with E-state index in [0.29, 0.717) is 16.5 Å². The van der Waals surface area contributed by atoms with Crippen LogP contribution < -0.4 is 14.4 Å². The molecule has 0 saturated carbocycles. The van der Waals surface area contributed by atoms with E-state index in [1.54, 1.807) is 60.7 Å². The van der Waals surface area contributed by atoms with Crippen LogP contribution in [0, 0.1) is 6.92 Å². The van der Waals surface area contributed by atoms with Gasteiger partial charge in [-0.05, 0) is 67.9 Å². The fraction of sp³-hybridized carbons (Fsp3) is 0.208. The Morgan fingerprint density at radius 2 is 1.59 bits per heavy atom. The number of nitrogens with zero attached hydrogens (tertiary/aromatic N) is 1. The van der Waals surface area contributed by atoms with Gasteiger partial charge in [0.2, 0.25) is 0 Å². The Kier molecular flexibility index (Phi) is 7.43. The summed E-state index contributed by atoms with van der Waals surface area (Å²) in [6.07, 6.45) is 0. The van der Waals surface area contributed by atoms with Crippen molar-refractivity contribution in [3.8, 4) is 5.75 Å². The van der Waals surface area contributed by atoms with Crippen LogP contribution in [0.2, 0.25) is 5.02 Å². The molecule has 1 N–H and O–H groups in total. The number of benzene rings is 3. The lowest BCUT2D eigenvalue weighted by molar-refractivity contribution is -0.123. The Labute approximate surface area is 193 Å². The number of anilines is 1. The Hall–Kier alpha value is -3.03. The first-order valence-electron chi connectivity index (χ1n) is 10.00. The summed E-state index contributed by atoms with van der Waals surface area (Å²) < 4.78 is 32.4. The van der Waals surface area contributed by atoms with Crippen LogP contribution in [-0.4, -0.2) is 28.0 Å². The molecule has 32 heavy (non-hydrogen) atoms. The average molecular weight is 473 g/mol. The zero-order valence-electron chi connectivity index (χ0n) is 18.1. The molecule has 6 nitrogen and oxygen atoms in total. The lowest BCUT2D eigenvalue weighted by Crippen LogP contribution is -2.31. The molecule has 0 aromatic heterocycles. The van der Waals surface area contributed by atoms with Crippen LogP contribution in [-0.2, 0) is 14.8 Å². The van der Waals surface area contributed by atoms with E-state index < -0.39 is 10.0 Å². The third-order valence-electron chi connectivity index (χ3n) is 5.00. The number of amides is 1. The highest BCUT2D eigenvalue weighted by atomic mass is 35.5. The van der Waals surface area contributed by atoms with E-state index in [2.05, 4.69) is 5.32 Å². The minimum Gasteiger partial charge on any atom is -0.484 e. The quantitative estimate of drug-likeness (QED) is 0.514. The fourth-order valence-corrected chi connectivity index (χ4v) is 4.35. The molecule has 168 valence electrons. The van der Waals surface area contributed by atoms with Gasteiger partial charge in [-0.1, -0.05) is 41.4 Å². The molecule has 1 atom stereocenters. The number of rotatable bonds is 8. The second kappa shape index (κ2) is 10.1. The fourth-order valence-electron chi connectivity index (χ4n) is 3.03. The smallest absolute Gasteiger partial charge is 0.264 e. The van der Waals surface area contributed by atoms with E-state index in [0.717, 1.165) is 11.1 Å². The van der Waals surface area contributed by atoms with E-state index in [1.165, 1.54) is 11.4 Å². The molecular formula is C24H25ClN2O4S. The molecule has 0 aliphatic carbocycles. The topological polar surface area (TPSA) is 75.7 Å². The molecular weight excluding hydrogens is 448 g/mol. The van der Waals surface area contributed by atoms with E-state index in [1.807, 2.05) is 26.0 Å². The molecule has 1 unspecified atom stereocenters. The first kappa shape index (κ1) is 23.6. The van der Waals surface area contributed by atoms with Gasteiger partial charge in [0.05, 0.1) is 16.6 Å². The number of sulfonamides is 1. The Morgan fingerprint density at radius 3 is 2.19 bits per heavy atom. The number of carbonyl (C=O) groups is 1. The third-order valence-corrected chi connectivity index (χ3v) is 7.05. The third kappa shape index (κ3) is 5.81. The highest BCUT2D eigenvalue weighted by molar-refractivity contribution is 7.92. The van der Waals surface area contributed by atoms with Crippen molar-refractivity contribution >= 4 is 33.2 Å². The SMILES string of the molecule is Cc1ccc(S(=O)(=O)N(C)c2ccc(OCC(=O)NC(C)c3ccc(Cl)cc3)cc2)cc1. The maximum absolute atomic E-state index is 12.8. The normalized spacial score (nSPS) is 12.1. The second-order valence-electron chi connectivity index (χ2n) is 7.41. The lowest BCUT2D eigenvalue weighted by Gasteiger charge is -2.20. The molecule has 0 spiro atoms. The number of hydrogen-bond acceptors (Lipinski definition) is 4. The number of carbonyl (C=O) groups excluding carboxylic acids is 1. The van der Waals surface area contributed by atoms with Crippen LogP contribution in [0.25, 0.3) is 0 Å². The van der Waals surface area contributed by atoms with E-state index in [9.17, 15) is 13.2 Å². The van der Waals surface area contributed by atoms with Gasteiger partial charge < -0.3 is 10.1 Å². The maximum Gasteiger partial charge on any atom is 0.264 e. The summed E-state index contributed by atoms with van der Waals surface area (Å²) in [7, 11) is -2.17. The molecule has 0 bridgehead atoms. The molecule has 0 heterocycles. The summed E-state index contributed by atoms with van der Waals surface area (Å²) in [6, 6.07) is 20.3. The minimum absolute atomic E-state index is 0.158. The zero-order valence-corrected chi connectivity index (χ0v) is 19.7. The predicted molar refractivity (Wildman–Crippen MR) is 127 cm³/mol. The second-order valence-corrected chi connectivity index (χ2v) is 9.81. The van der Waals surface area contributed by atoms with Crippen molar-refractivity contribution in [1.82, 2.24) is 5.32 Å². The van der Waals surface area contributed by atoms with Crippen molar-refractivity contribution < 1.29 is 17.9 Å². The van der Waals surface area contributed by atoms with Crippen LogP contribution in [0.15, 0.2) is 77.7 Å². The highest BCUT2D eigenvalue weighted by Gasteiger charge is 2.21. The number of ether oxygens (including phenoxy) is 1. The summed E-state index contributed by atoms with van der Waals surface area (Å²) in [5, 5.41) is 3.50. The predicted octanol–water partition coefficient (Wildman–Crippen LogP) is 4.73. The highest BCUT2D eigenvalue weighted by Crippen LogP contribution is 2.24. The molecule has 8 heteroatoms. The minimum atomic E-state index is -3.67. The summed E-state index contributed by atoms with van der Waals surface area (Å²) in [5.41, 5.74) is 2.41. The van der Waals surface area contributed by atoms with Crippen LogP contribution in [0.3, 0.4) is 0 Å². The van der Waals surface area contributed by atoms with E-state index in [-0.39, 0.29) is 23.5 Å². The first-order valence-corrected chi connectivity index (χ1v) is 11.8. The van der Waals surface area contributed by atoms with Crippen LogP contribution in [0.4, 0.5) is 5.69 Å². The van der Waals surface area contributed by atoms with Gasteiger partial charge >= 0.3 is 0 Å². The van der Waals surface area contributed by atoms with Crippen molar-refractivity contribution in [1.29, 1.82) is 0 Å². The Bertz CT molecular complexity index is 1160. The standard InChI is InChI=1S/C24H25ClN2O4S/c1-17-4-14-23(15-5-17)32(29,30)27(3)21-10-12-22(13-11-21)31-16-24(28)26-18(2)19-6-8-20(25)9-7-19/h4-15,18H,16H2,1-3H3,(H,26,28). The molecule has 0 aliphatic heterocycles. The Morgan fingerprint density at radius 1 is 1.00 bits per heavy atom.